The number of amides is 2. The van der Waals surface area contributed by atoms with Gasteiger partial charge in [0, 0.05) is 37.4 Å². The number of aliphatic hydroxyl groups is 1. The Hall–Kier alpha value is -4.42. The topological polar surface area (TPSA) is 128 Å². The van der Waals surface area contributed by atoms with Crippen LogP contribution >= 0.6 is 0 Å². The summed E-state index contributed by atoms with van der Waals surface area (Å²) in [4.78, 5) is 34.7. The number of esters is 1. The standard InChI is InChI=1S/C31H35N3O4.C2HF3O2/c35-29(31(37,25-11-4-1-5-12-25)26-13-6-2-7-14-26)38-28-23-34(21-17-24(28)18-22-34)20-10-19-32-30(36)33-27-15-8-3-9-16-27;3-2(4,5)1(6)7/h1-9,11-16,24,28,37H,10,17-23H2,(H-,32,33,36);(H,6,7)/t24?,28-,34?;/m0./s1. The third kappa shape index (κ3) is 8.61. The number of aliphatic carboxylic acids is 1. The Kier molecular flexibility index (Phi) is 10.8. The van der Waals surface area contributed by atoms with E-state index in [1.54, 1.807) is 24.3 Å². The van der Waals surface area contributed by atoms with Gasteiger partial charge in [-0.15, -0.1) is 0 Å². The highest BCUT2D eigenvalue weighted by Gasteiger charge is 2.50. The normalized spacial score (nSPS) is 20.7. The van der Waals surface area contributed by atoms with Crippen LogP contribution in [0.4, 0.5) is 23.7 Å². The minimum atomic E-state index is -5.19. The Morgan fingerprint density at radius 3 is 1.84 bits per heavy atom. The third-order valence-electron chi connectivity index (χ3n) is 8.34. The maximum atomic E-state index is 13.7. The number of carboxylic acids is 1. The van der Waals surface area contributed by atoms with Crippen molar-refractivity contribution in [1.29, 1.82) is 0 Å². The van der Waals surface area contributed by atoms with Gasteiger partial charge in [-0.05, 0) is 23.3 Å². The van der Waals surface area contributed by atoms with Crippen molar-refractivity contribution >= 4 is 23.7 Å². The average Bonchev–Trinajstić information content (AvgIpc) is 3.04. The van der Waals surface area contributed by atoms with E-state index < -0.39 is 23.7 Å². The van der Waals surface area contributed by atoms with Crippen LogP contribution in [0.1, 0.15) is 30.4 Å². The fourth-order valence-electron chi connectivity index (χ4n) is 5.97. The predicted octanol–water partition coefficient (Wildman–Crippen LogP) is 3.59. The molecule has 0 spiro atoms. The van der Waals surface area contributed by atoms with Crippen molar-refractivity contribution in [3.63, 3.8) is 0 Å². The summed E-state index contributed by atoms with van der Waals surface area (Å²) in [6.07, 6.45) is -2.60. The smallest absolute Gasteiger partial charge is 0.430 e. The summed E-state index contributed by atoms with van der Waals surface area (Å²) in [6.45, 7) is 4.34. The lowest BCUT2D eigenvalue weighted by Crippen LogP contribution is -2.65. The van der Waals surface area contributed by atoms with Gasteiger partial charge in [-0.3, -0.25) is 0 Å². The zero-order valence-electron chi connectivity index (χ0n) is 24.5. The molecule has 0 aliphatic carbocycles. The van der Waals surface area contributed by atoms with Crippen LogP contribution in [0.2, 0.25) is 0 Å². The zero-order chi connectivity index (χ0) is 32.5. The van der Waals surface area contributed by atoms with E-state index in [4.69, 9.17) is 14.6 Å². The second-order valence-corrected chi connectivity index (χ2v) is 11.3. The number of carbonyl (C=O) groups is 3. The molecule has 0 radical (unpaired) electrons. The van der Waals surface area contributed by atoms with Crippen LogP contribution < -0.4 is 15.7 Å². The highest BCUT2D eigenvalue weighted by molar-refractivity contribution is 5.89. The van der Waals surface area contributed by atoms with Crippen molar-refractivity contribution in [2.45, 2.75) is 37.1 Å². The number of quaternary nitrogens is 1. The number of halogens is 3. The van der Waals surface area contributed by atoms with Crippen molar-refractivity contribution in [3.05, 3.63) is 102 Å². The van der Waals surface area contributed by atoms with Crippen molar-refractivity contribution < 1.29 is 47.0 Å². The number of alkyl halides is 3. The van der Waals surface area contributed by atoms with Gasteiger partial charge >= 0.3 is 18.2 Å². The predicted molar refractivity (Wildman–Crippen MR) is 157 cm³/mol. The van der Waals surface area contributed by atoms with Gasteiger partial charge in [-0.2, -0.15) is 13.2 Å². The van der Waals surface area contributed by atoms with Gasteiger partial charge < -0.3 is 34.9 Å². The van der Waals surface area contributed by atoms with Crippen molar-refractivity contribution in [2.24, 2.45) is 5.92 Å². The molecule has 45 heavy (non-hydrogen) atoms. The number of benzene rings is 3. The minimum Gasteiger partial charge on any atom is -0.542 e. The number of para-hydroxylation sites is 1. The molecular weight excluding hydrogens is 591 g/mol. The second-order valence-electron chi connectivity index (χ2n) is 11.3. The second kappa shape index (κ2) is 14.6. The van der Waals surface area contributed by atoms with Gasteiger partial charge in [0.2, 0.25) is 5.60 Å². The van der Waals surface area contributed by atoms with Gasteiger partial charge in [0.25, 0.3) is 0 Å². The summed E-state index contributed by atoms with van der Waals surface area (Å²) in [7, 11) is 0. The van der Waals surface area contributed by atoms with E-state index in [2.05, 4.69) is 10.6 Å². The number of nitrogens with zero attached hydrogens (tertiary/aromatic N) is 1. The molecule has 3 saturated heterocycles. The first-order valence-corrected chi connectivity index (χ1v) is 14.7. The quantitative estimate of drug-likeness (QED) is 0.189. The molecule has 3 heterocycles. The molecule has 9 nitrogen and oxygen atoms in total. The number of rotatable bonds is 9. The summed E-state index contributed by atoms with van der Waals surface area (Å²) in [5, 5.41) is 26.4. The van der Waals surface area contributed by atoms with E-state index in [9.17, 15) is 27.9 Å². The molecular formula is C33H36F3N3O6. The molecule has 2 amide bonds. The van der Waals surface area contributed by atoms with E-state index in [1.165, 1.54) is 0 Å². The highest BCUT2D eigenvalue weighted by atomic mass is 19.4. The van der Waals surface area contributed by atoms with Gasteiger partial charge in [-0.25, -0.2) is 9.59 Å². The first-order valence-electron chi connectivity index (χ1n) is 14.7. The van der Waals surface area contributed by atoms with Crippen LogP contribution in [0.3, 0.4) is 0 Å². The molecule has 0 unspecified atom stereocenters. The van der Waals surface area contributed by atoms with Gasteiger partial charge in [0.1, 0.15) is 12.5 Å². The molecule has 6 rings (SSSR count). The molecule has 0 saturated carbocycles. The van der Waals surface area contributed by atoms with Crippen LogP contribution in [0.15, 0.2) is 91.0 Å². The van der Waals surface area contributed by atoms with E-state index in [-0.39, 0.29) is 12.1 Å². The van der Waals surface area contributed by atoms with E-state index in [0.29, 0.717) is 23.6 Å². The number of carboxylic acid groups (broad SMARTS) is 1. The fraction of sp³-hybridized carbons (Fsp3) is 0.364. The molecule has 240 valence electrons. The summed E-state index contributed by atoms with van der Waals surface area (Å²) in [6, 6.07) is 27.2. The lowest BCUT2D eigenvalue weighted by molar-refractivity contribution is -0.946. The number of nitrogens with one attached hydrogen (secondary N) is 2. The maximum absolute atomic E-state index is 13.7. The van der Waals surface area contributed by atoms with E-state index in [0.717, 1.165) is 55.6 Å². The lowest BCUT2D eigenvalue weighted by atomic mass is 9.82. The Morgan fingerprint density at radius 2 is 1.36 bits per heavy atom. The number of hydrogen-bond donors (Lipinski definition) is 3. The van der Waals surface area contributed by atoms with Crippen LogP contribution in [-0.2, 0) is 19.9 Å². The zero-order valence-corrected chi connectivity index (χ0v) is 24.5. The monoisotopic (exact) mass is 627 g/mol. The van der Waals surface area contributed by atoms with Crippen molar-refractivity contribution in [3.8, 4) is 0 Å². The Bertz CT molecular complexity index is 1380. The van der Waals surface area contributed by atoms with Crippen LogP contribution in [0.5, 0.6) is 0 Å². The average molecular weight is 628 g/mol. The Morgan fingerprint density at radius 1 is 0.867 bits per heavy atom. The lowest BCUT2D eigenvalue weighted by Gasteiger charge is -2.52. The first-order chi connectivity index (χ1) is 21.4. The summed E-state index contributed by atoms with van der Waals surface area (Å²) < 4.78 is 38.6. The van der Waals surface area contributed by atoms with Crippen LogP contribution in [0.25, 0.3) is 0 Å². The highest BCUT2D eigenvalue weighted by Crippen LogP contribution is 2.38. The van der Waals surface area contributed by atoms with Gasteiger partial charge in [0.05, 0.1) is 19.6 Å². The maximum Gasteiger partial charge on any atom is 0.430 e. The Labute approximate surface area is 259 Å². The van der Waals surface area contributed by atoms with Crippen molar-refractivity contribution in [2.75, 3.05) is 38.0 Å². The van der Waals surface area contributed by atoms with Crippen molar-refractivity contribution in [1.82, 2.24) is 5.32 Å². The molecule has 3 fully saturated rings. The Balaban J connectivity index is 0.000000591. The number of urea groups is 1. The number of hydrogen-bond acceptors (Lipinski definition) is 6. The minimum absolute atomic E-state index is 0.207. The third-order valence-corrected chi connectivity index (χ3v) is 8.34. The summed E-state index contributed by atoms with van der Waals surface area (Å²) in [5.74, 6) is -3.32. The van der Waals surface area contributed by atoms with Gasteiger partial charge in [0.15, 0.2) is 6.10 Å². The van der Waals surface area contributed by atoms with Gasteiger partial charge in [-0.1, -0.05) is 78.9 Å². The van der Waals surface area contributed by atoms with Crippen LogP contribution in [0, 0.1) is 5.92 Å². The largest absolute Gasteiger partial charge is 0.542 e. The summed E-state index contributed by atoms with van der Waals surface area (Å²) in [5.41, 5.74) is -0.0990. The SMILES string of the molecule is O=C(NCCC[N+]12CCC(CC1)[C@@H](OC(=O)C(O)(c1ccccc1)c1ccccc1)C2)Nc1ccccc1.O=C([O-])C(F)(F)F. The number of carbonyl (C=O) groups excluding carboxylic acids is 3. The molecule has 3 aliphatic heterocycles. The van der Waals surface area contributed by atoms with Crippen LogP contribution in [-0.4, -0.2) is 72.6 Å². The molecule has 1 atom stereocenters. The number of ether oxygens (including phenoxy) is 1. The molecule has 12 heteroatoms. The molecule has 2 bridgehead atoms. The molecule has 3 N–H and O–H groups in total. The fourth-order valence-corrected chi connectivity index (χ4v) is 5.97. The summed E-state index contributed by atoms with van der Waals surface area (Å²) >= 11 is 0. The molecule has 3 aromatic carbocycles. The number of piperidine rings is 3. The van der Waals surface area contributed by atoms with E-state index >= 15 is 0 Å². The molecule has 0 aromatic heterocycles. The number of anilines is 1. The molecule has 3 aliphatic rings. The molecule has 3 aromatic rings. The first kappa shape index (κ1) is 33.5. The van der Waals surface area contributed by atoms with E-state index in [1.807, 2.05) is 66.7 Å². The number of fused-ring (bicyclic) bond motifs is 3.